The molecular formula is C13H20N4O2. The molecular weight excluding hydrogens is 244 g/mol. The lowest BCUT2D eigenvalue weighted by molar-refractivity contribution is -0.122. The first-order valence-corrected chi connectivity index (χ1v) is 6.79. The second-order valence-electron chi connectivity index (χ2n) is 4.82. The molecule has 1 heterocycles. The molecule has 0 saturated heterocycles. The minimum atomic E-state index is -0.264. The summed E-state index contributed by atoms with van der Waals surface area (Å²) in [6.45, 7) is 2.66. The number of hydrogen-bond donors (Lipinski definition) is 2. The zero-order valence-corrected chi connectivity index (χ0v) is 11.2. The van der Waals surface area contributed by atoms with Crippen molar-refractivity contribution in [2.24, 2.45) is 0 Å². The Balaban J connectivity index is 1.94. The number of carbonyl (C=O) groups excluding carboxylic acids is 1. The Kier molecular flexibility index (Phi) is 4.54. The molecule has 1 aliphatic carbocycles. The van der Waals surface area contributed by atoms with E-state index in [1.807, 2.05) is 6.92 Å². The molecule has 0 bridgehead atoms. The van der Waals surface area contributed by atoms with E-state index in [1.165, 1.54) is 23.6 Å². The van der Waals surface area contributed by atoms with Gasteiger partial charge in [0.05, 0.1) is 11.9 Å². The van der Waals surface area contributed by atoms with Gasteiger partial charge < -0.3 is 10.6 Å². The average Bonchev–Trinajstić information content (AvgIpc) is 2.86. The molecule has 6 nitrogen and oxygen atoms in total. The van der Waals surface area contributed by atoms with Crippen LogP contribution in [0.2, 0.25) is 0 Å². The number of aromatic nitrogens is 2. The van der Waals surface area contributed by atoms with Crippen LogP contribution in [-0.4, -0.2) is 28.3 Å². The quantitative estimate of drug-likeness (QED) is 0.822. The maximum atomic E-state index is 11.8. The molecule has 0 radical (unpaired) electrons. The molecule has 1 aliphatic rings. The largest absolute Gasteiger partial charge is 0.384 e. The van der Waals surface area contributed by atoms with Gasteiger partial charge in [0.15, 0.2) is 0 Å². The molecule has 104 valence electrons. The van der Waals surface area contributed by atoms with Crippen LogP contribution in [0.15, 0.2) is 17.1 Å². The topological polar surface area (TPSA) is 76.0 Å². The van der Waals surface area contributed by atoms with Gasteiger partial charge in [0.1, 0.15) is 6.54 Å². The molecule has 6 heteroatoms. The van der Waals surface area contributed by atoms with Crippen molar-refractivity contribution in [1.29, 1.82) is 0 Å². The van der Waals surface area contributed by atoms with Gasteiger partial charge in [-0.3, -0.25) is 9.59 Å². The van der Waals surface area contributed by atoms with E-state index in [4.69, 9.17) is 0 Å². The summed E-state index contributed by atoms with van der Waals surface area (Å²) in [7, 11) is 0. The molecule has 2 rings (SSSR count). The van der Waals surface area contributed by atoms with Crippen molar-refractivity contribution in [1.82, 2.24) is 15.1 Å². The number of rotatable bonds is 5. The lowest BCUT2D eigenvalue weighted by Gasteiger charge is -2.12. The van der Waals surface area contributed by atoms with Gasteiger partial charge in [0.2, 0.25) is 5.91 Å². The van der Waals surface area contributed by atoms with Crippen LogP contribution in [0.1, 0.15) is 32.6 Å². The maximum absolute atomic E-state index is 11.8. The summed E-state index contributed by atoms with van der Waals surface area (Å²) in [5, 5.41) is 9.94. The summed E-state index contributed by atoms with van der Waals surface area (Å²) in [4.78, 5) is 23.6. The van der Waals surface area contributed by atoms with E-state index in [1.54, 1.807) is 6.20 Å². The van der Waals surface area contributed by atoms with Crippen LogP contribution in [-0.2, 0) is 11.3 Å². The van der Waals surface area contributed by atoms with Gasteiger partial charge in [0, 0.05) is 18.7 Å². The van der Waals surface area contributed by atoms with Gasteiger partial charge in [-0.2, -0.15) is 5.10 Å². The third-order valence-electron chi connectivity index (χ3n) is 3.26. The summed E-state index contributed by atoms with van der Waals surface area (Å²) in [6.07, 6.45) is 5.97. The summed E-state index contributed by atoms with van der Waals surface area (Å²) in [5.41, 5.74) is 0.417. The molecule has 0 spiro atoms. The summed E-state index contributed by atoms with van der Waals surface area (Å²) >= 11 is 0. The van der Waals surface area contributed by atoms with E-state index in [9.17, 15) is 9.59 Å². The third-order valence-corrected chi connectivity index (χ3v) is 3.26. The highest BCUT2D eigenvalue weighted by molar-refractivity contribution is 5.75. The smallest absolute Gasteiger partial charge is 0.269 e. The average molecular weight is 264 g/mol. The number of hydrogen-bond acceptors (Lipinski definition) is 4. The molecule has 0 aromatic carbocycles. The zero-order chi connectivity index (χ0) is 13.7. The van der Waals surface area contributed by atoms with Gasteiger partial charge in [0.25, 0.3) is 5.56 Å². The van der Waals surface area contributed by atoms with E-state index >= 15 is 0 Å². The Morgan fingerprint density at radius 1 is 1.47 bits per heavy atom. The van der Waals surface area contributed by atoms with Crippen LogP contribution in [0.4, 0.5) is 5.69 Å². The Hall–Kier alpha value is -1.85. The van der Waals surface area contributed by atoms with Gasteiger partial charge in [-0.25, -0.2) is 4.68 Å². The van der Waals surface area contributed by atoms with Gasteiger partial charge in [-0.15, -0.1) is 0 Å². The summed E-state index contributed by atoms with van der Waals surface area (Å²) in [5.74, 6) is -0.141. The molecule has 1 aromatic heterocycles. The maximum Gasteiger partial charge on any atom is 0.269 e. The van der Waals surface area contributed by atoms with Crippen LogP contribution in [0, 0.1) is 0 Å². The van der Waals surface area contributed by atoms with E-state index in [0.717, 1.165) is 19.4 Å². The minimum Gasteiger partial charge on any atom is -0.384 e. The Morgan fingerprint density at radius 2 is 2.21 bits per heavy atom. The monoisotopic (exact) mass is 264 g/mol. The van der Waals surface area contributed by atoms with Crippen molar-refractivity contribution in [3.63, 3.8) is 0 Å². The standard InChI is InChI=1S/C13H20N4O2/c1-2-14-11-7-13(19)17(15-8-11)9-12(18)16-10-5-3-4-6-10/h7-8,10,14H,2-6,9H2,1H3,(H,16,18). The minimum absolute atomic E-state index is 0.0122. The van der Waals surface area contributed by atoms with Crippen molar-refractivity contribution in [3.05, 3.63) is 22.6 Å². The van der Waals surface area contributed by atoms with E-state index in [0.29, 0.717) is 5.69 Å². The van der Waals surface area contributed by atoms with Gasteiger partial charge >= 0.3 is 0 Å². The van der Waals surface area contributed by atoms with E-state index in [-0.39, 0.29) is 24.1 Å². The predicted molar refractivity (Wildman–Crippen MR) is 73.1 cm³/mol. The number of anilines is 1. The first kappa shape index (κ1) is 13.6. The lowest BCUT2D eigenvalue weighted by Crippen LogP contribution is -2.38. The number of amides is 1. The molecule has 19 heavy (non-hydrogen) atoms. The second kappa shape index (κ2) is 6.36. The Bertz CT molecular complexity index is 492. The SMILES string of the molecule is CCNc1cnn(CC(=O)NC2CCCC2)c(=O)c1. The molecule has 1 aromatic rings. The predicted octanol–water partition coefficient (Wildman–Crippen LogP) is 0.734. The molecule has 1 amide bonds. The zero-order valence-electron chi connectivity index (χ0n) is 11.2. The first-order chi connectivity index (χ1) is 9.19. The fraction of sp³-hybridized carbons (Fsp3) is 0.615. The first-order valence-electron chi connectivity index (χ1n) is 6.79. The van der Waals surface area contributed by atoms with Crippen molar-refractivity contribution < 1.29 is 4.79 Å². The molecule has 1 saturated carbocycles. The molecule has 1 fully saturated rings. The van der Waals surface area contributed by atoms with Crippen molar-refractivity contribution in [2.45, 2.75) is 45.2 Å². The molecule has 0 unspecified atom stereocenters. The van der Waals surface area contributed by atoms with E-state index in [2.05, 4.69) is 15.7 Å². The number of nitrogens with one attached hydrogen (secondary N) is 2. The van der Waals surface area contributed by atoms with Crippen molar-refractivity contribution in [2.75, 3.05) is 11.9 Å². The Labute approximate surface area is 112 Å². The normalized spacial score (nSPS) is 15.4. The van der Waals surface area contributed by atoms with Crippen LogP contribution in [0.3, 0.4) is 0 Å². The van der Waals surface area contributed by atoms with Gasteiger partial charge in [-0.05, 0) is 19.8 Å². The highest BCUT2D eigenvalue weighted by atomic mass is 16.2. The molecule has 0 atom stereocenters. The number of carbonyl (C=O) groups is 1. The Morgan fingerprint density at radius 3 is 2.84 bits per heavy atom. The lowest BCUT2D eigenvalue weighted by atomic mass is 10.2. The third kappa shape index (κ3) is 3.81. The molecule has 2 N–H and O–H groups in total. The van der Waals surface area contributed by atoms with Crippen molar-refractivity contribution >= 4 is 11.6 Å². The second-order valence-corrected chi connectivity index (χ2v) is 4.82. The number of nitrogens with zero attached hydrogens (tertiary/aromatic N) is 2. The van der Waals surface area contributed by atoms with Crippen LogP contribution in [0.5, 0.6) is 0 Å². The van der Waals surface area contributed by atoms with Gasteiger partial charge in [-0.1, -0.05) is 12.8 Å². The molecule has 0 aliphatic heterocycles. The fourth-order valence-electron chi connectivity index (χ4n) is 2.33. The van der Waals surface area contributed by atoms with Crippen LogP contribution < -0.4 is 16.2 Å². The summed E-state index contributed by atoms with van der Waals surface area (Å²) < 4.78 is 1.19. The van der Waals surface area contributed by atoms with E-state index < -0.39 is 0 Å². The van der Waals surface area contributed by atoms with Crippen LogP contribution in [0.25, 0.3) is 0 Å². The fourth-order valence-corrected chi connectivity index (χ4v) is 2.33. The highest BCUT2D eigenvalue weighted by Gasteiger charge is 2.17. The highest BCUT2D eigenvalue weighted by Crippen LogP contribution is 2.17. The summed E-state index contributed by atoms with van der Waals surface area (Å²) in [6, 6.07) is 1.73. The van der Waals surface area contributed by atoms with Crippen molar-refractivity contribution in [3.8, 4) is 0 Å². The van der Waals surface area contributed by atoms with Crippen LogP contribution >= 0.6 is 0 Å².